The number of benzene rings is 1. The van der Waals surface area contributed by atoms with Gasteiger partial charge in [0.1, 0.15) is 24.2 Å². The highest BCUT2D eigenvalue weighted by Crippen LogP contribution is 2.20. The standard InChI is InChI=1S/C15H17FN4O2/c16-13-6-12(3-4-14(13)20-10-17-9-18-20)15(22)19-5-1-2-11(7-19)8-21/h3-4,6,9-11,21H,1-2,5,7-8H2. The number of aromatic nitrogens is 3. The summed E-state index contributed by atoms with van der Waals surface area (Å²) < 4.78 is 15.5. The van der Waals surface area contributed by atoms with Crippen LogP contribution in [-0.2, 0) is 0 Å². The molecule has 0 aliphatic carbocycles. The maximum atomic E-state index is 14.2. The lowest BCUT2D eigenvalue weighted by Gasteiger charge is -2.32. The molecule has 1 aromatic carbocycles. The Kier molecular flexibility index (Phi) is 4.15. The first-order valence-electron chi connectivity index (χ1n) is 7.23. The van der Waals surface area contributed by atoms with Gasteiger partial charge in [0.2, 0.25) is 0 Å². The van der Waals surface area contributed by atoms with Crippen molar-refractivity contribution in [2.75, 3.05) is 19.7 Å². The van der Waals surface area contributed by atoms with E-state index in [0.717, 1.165) is 12.8 Å². The predicted molar refractivity (Wildman–Crippen MR) is 77.0 cm³/mol. The van der Waals surface area contributed by atoms with Gasteiger partial charge in [-0.1, -0.05) is 0 Å². The molecule has 0 bridgehead atoms. The summed E-state index contributed by atoms with van der Waals surface area (Å²) in [6.07, 6.45) is 4.49. The highest BCUT2D eigenvalue weighted by Gasteiger charge is 2.24. The summed E-state index contributed by atoms with van der Waals surface area (Å²) >= 11 is 0. The van der Waals surface area contributed by atoms with Crippen molar-refractivity contribution in [3.05, 3.63) is 42.2 Å². The van der Waals surface area contributed by atoms with E-state index in [1.54, 1.807) is 11.0 Å². The highest BCUT2D eigenvalue weighted by molar-refractivity contribution is 5.94. The Morgan fingerprint density at radius 3 is 3.00 bits per heavy atom. The molecule has 1 N–H and O–H groups in total. The van der Waals surface area contributed by atoms with Crippen LogP contribution in [-0.4, -0.2) is 50.4 Å². The summed E-state index contributed by atoms with van der Waals surface area (Å²) in [6.45, 7) is 1.23. The van der Waals surface area contributed by atoms with Crippen LogP contribution in [0.1, 0.15) is 23.2 Å². The number of amides is 1. The zero-order chi connectivity index (χ0) is 15.5. The zero-order valence-corrected chi connectivity index (χ0v) is 12.0. The Hall–Kier alpha value is -2.28. The molecule has 1 aliphatic heterocycles. The average molecular weight is 304 g/mol. The molecule has 1 aliphatic rings. The molecule has 0 saturated carbocycles. The van der Waals surface area contributed by atoms with Gasteiger partial charge in [-0.25, -0.2) is 14.1 Å². The van der Waals surface area contributed by atoms with Gasteiger partial charge in [0, 0.05) is 25.3 Å². The molecule has 2 heterocycles. The first kappa shape index (κ1) is 14.6. The second-order valence-electron chi connectivity index (χ2n) is 5.45. The number of halogens is 1. The Morgan fingerprint density at radius 2 is 2.32 bits per heavy atom. The quantitative estimate of drug-likeness (QED) is 0.926. The van der Waals surface area contributed by atoms with Crippen LogP contribution >= 0.6 is 0 Å². The van der Waals surface area contributed by atoms with Gasteiger partial charge in [-0.15, -0.1) is 0 Å². The maximum Gasteiger partial charge on any atom is 0.253 e. The van der Waals surface area contributed by atoms with Gasteiger partial charge < -0.3 is 10.0 Å². The van der Waals surface area contributed by atoms with E-state index in [-0.39, 0.29) is 24.1 Å². The number of likely N-dealkylation sites (tertiary alicyclic amines) is 1. The monoisotopic (exact) mass is 304 g/mol. The summed E-state index contributed by atoms with van der Waals surface area (Å²) in [7, 11) is 0. The molecule has 0 radical (unpaired) electrons. The van der Waals surface area contributed by atoms with Crippen LogP contribution in [0, 0.1) is 11.7 Å². The van der Waals surface area contributed by atoms with E-state index in [1.807, 2.05) is 0 Å². The average Bonchev–Trinajstić information content (AvgIpc) is 3.08. The lowest BCUT2D eigenvalue weighted by molar-refractivity contribution is 0.0620. The van der Waals surface area contributed by atoms with Gasteiger partial charge >= 0.3 is 0 Å². The number of nitrogens with zero attached hydrogens (tertiary/aromatic N) is 4. The van der Waals surface area contributed by atoms with Gasteiger partial charge in [0.25, 0.3) is 5.91 Å². The van der Waals surface area contributed by atoms with Crippen LogP contribution in [0.25, 0.3) is 5.69 Å². The molecule has 116 valence electrons. The molecule has 1 fully saturated rings. The fraction of sp³-hybridized carbons (Fsp3) is 0.400. The van der Waals surface area contributed by atoms with Crippen molar-refractivity contribution in [2.24, 2.45) is 5.92 Å². The van der Waals surface area contributed by atoms with Crippen molar-refractivity contribution in [1.29, 1.82) is 0 Å². The molecule has 1 saturated heterocycles. The van der Waals surface area contributed by atoms with Crippen molar-refractivity contribution >= 4 is 5.91 Å². The van der Waals surface area contributed by atoms with Gasteiger partial charge in [0.15, 0.2) is 0 Å². The van der Waals surface area contributed by atoms with E-state index in [1.165, 1.54) is 29.5 Å². The number of aliphatic hydroxyl groups excluding tert-OH is 1. The SMILES string of the molecule is O=C(c1ccc(-n2cncn2)c(F)c1)N1CCCC(CO)C1. The van der Waals surface area contributed by atoms with Crippen LogP contribution in [0.5, 0.6) is 0 Å². The molecular weight excluding hydrogens is 287 g/mol. The van der Waals surface area contributed by atoms with Crippen molar-refractivity contribution in [2.45, 2.75) is 12.8 Å². The Labute approximate surface area is 127 Å². The number of carbonyl (C=O) groups is 1. The first-order chi connectivity index (χ1) is 10.7. The highest BCUT2D eigenvalue weighted by atomic mass is 19.1. The molecule has 2 aromatic rings. The topological polar surface area (TPSA) is 71.2 Å². The molecule has 0 spiro atoms. The van der Waals surface area contributed by atoms with Gasteiger partial charge in [-0.2, -0.15) is 5.10 Å². The van der Waals surface area contributed by atoms with E-state index in [9.17, 15) is 14.3 Å². The van der Waals surface area contributed by atoms with Gasteiger partial charge in [0.05, 0.1) is 0 Å². The summed E-state index contributed by atoms with van der Waals surface area (Å²) in [6, 6.07) is 4.33. The smallest absolute Gasteiger partial charge is 0.253 e. The first-order valence-corrected chi connectivity index (χ1v) is 7.23. The summed E-state index contributed by atoms with van der Waals surface area (Å²) in [5, 5.41) is 13.1. The normalized spacial score (nSPS) is 18.5. The minimum absolute atomic E-state index is 0.0728. The minimum Gasteiger partial charge on any atom is -0.396 e. The van der Waals surface area contributed by atoms with E-state index < -0.39 is 5.82 Å². The Morgan fingerprint density at radius 1 is 1.45 bits per heavy atom. The largest absolute Gasteiger partial charge is 0.396 e. The van der Waals surface area contributed by atoms with Crippen molar-refractivity contribution in [3.8, 4) is 5.69 Å². The van der Waals surface area contributed by atoms with Crippen molar-refractivity contribution in [1.82, 2.24) is 19.7 Å². The third-order valence-corrected chi connectivity index (χ3v) is 3.92. The molecule has 1 unspecified atom stereocenters. The second-order valence-corrected chi connectivity index (χ2v) is 5.45. The number of aliphatic hydroxyl groups is 1. The van der Waals surface area contributed by atoms with E-state index in [4.69, 9.17) is 0 Å². The van der Waals surface area contributed by atoms with Gasteiger partial charge in [-0.05, 0) is 37.0 Å². The van der Waals surface area contributed by atoms with Crippen LogP contribution in [0.3, 0.4) is 0 Å². The summed E-state index contributed by atoms with van der Waals surface area (Å²) in [5.74, 6) is -0.619. The van der Waals surface area contributed by atoms with Crippen LogP contribution < -0.4 is 0 Å². The number of hydrogen-bond acceptors (Lipinski definition) is 4. The van der Waals surface area contributed by atoms with E-state index in [2.05, 4.69) is 10.1 Å². The molecule has 6 nitrogen and oxygen atoms in total. The molecule has 1 atom stereocenters. The molecule has 7 heteroatoms. The second kappa shape index (κ2) is 6.23. The third kappa shape index (κ3) is 2.85. The summed E-state index contributed by atoms with van der Waals surface area (Å²) in [4.78, 5) is 17.9. The third-order valence-electron chi connectivity index (χ3n) is 3.92. The Balaban J connectivity index is 1.80. The molecule has 3 rings (SSSR count). The van der Waals surface area contributed by atoms with E-state index in [0.29, 0.717) is 18.7 Å². The molecular formula is C15H17FN4O2. The van der Waals surface area contributed by atoms with Crippen LogP contribution in [0.15, 0.2) is 30.9 Å². The number of hydrogen-bond donors (Lipinski definition) is 1. The molecule has 1 aromatic heterocycles. The lowest BCUT2D eigenvalue weighted by Crippen LogP contribution is -2.41. The maximum absolute atomic E-state index is 14.2. The van der Waals surface area contributed by atoms with Crippen molar-refractivity contribution < 1.29 is 14.3 Å². The van der Waals surface area contributed by atoms with Crippen molar-refractivity contribution in [3.63, 3.8) is 0 Å². The van der Waals surface area contributed by atoms with E-state index >= 15 is 0 Å². The van der Waals surface area contributed by atoms with Gasteiger partial charge in [-0.3, -0.25) is 4.79 Å². The fourth-order valence-electron chi connectivity index (χ4n) is 2.74. The summed E-state index contributed by atoms with van der Waals surface area (Å²) in [5.41, 5.74) is 0.556. The Bertz CT molecular complexity index is 660. The van der Waals surface area contributed by atoms with Crippen LogP contribution in [0.2, 0.25) is 0 Å². The minimum atomic E-state index is -0.521. The number of piperidine rings is 1. The molecule has 1 amide bonds. The zero-order valence-electron chi connectivity index (χ0n) is 12.0. The number of carbonyl (C=O) groups excluding carboxylic acids is 1. The lowest BCUT2D eigenvalue weighted by atomic mass is 9.98. The number of rotatable bonds is 3. The predicted octanol–water partition coefficient (Wildman–Crippen LogP) is 1.25. The van der Waals surface area contributed by atoms with Crippen LogP contribution in [0.4, 0.5) is 4.39 Å². The fourth-order valence-corrected chi connectivity index (χ4v) is 2.74. The molecule has 22 heavy (non-hydrogen) atoms.